The number of carbonyl (C=O) groups is 1. The largest absolute Gasteiger partial charge is 0.361 e. The number of rotatable bonds is 6. The van der Waals surface area contributed by atoms with Gasteiger partial charge in [-0.2, -0.15) is 0 Å². The predicted octanol–water partition coefficient (Wildman–Crippen LogP) is 2.57. The average molecular weight is 445 g/mol. The molecule has 2 N–H and O–H groups in total. The van der Waals surface area contributed by atoms with E-state index in [0.717, 1.165) is 88.1 Å². The van der Waals surface area contributed by atoms with E-state index >= 15 is 0 Å². The Morgan fingerprint density at radius 1 is 1.13 bits per heavy atom. The smallest absolute Gasteiger partial charge is 0.236 e. The molecule has 0 aliphatic carbocycles. The Kier molecular flexibility index (Phi) is 7.35. The van der Waals surface area contributed by atoms with E-state index in [0.29, 0.717) is 6.54 Å². The third-order valence-corrected chi connectivity index (χ3v) is 6.43. The van der Waals surface area contributed by atoms with Crippen molar-refractivity contribution in [1.29, 1.82) is 0 Å². The van der Waals surface area contributed by atoms with Gasteiger partial charge < -0.3 is 20.1 Å². The van der Waals surface area contributed by atoms with Gasteiger partial charge in [0.25, 0.3) is 0 Å². The number of aromatic amines is 1. The molecule has 2 saturated heterocycles. The van der Waals surface area contributed by atoms with Crippen molar-refractivity contribution in [2.75, 3.05) is 58.9 Å². The molecule has 2 aliphatic rings. The first-order chi connectivity index (χ1) is 15.1. The second kappa shape index (κ2) is 10.4. The maximum absolute atomic E-state index is 12.4. The summed E-state index contributed by atoms with van der Waals surface area (Å²) in [5.41, 5.74) is 2.34. The highest BCUT2D eigenvalue weighted by molar-refractivity contribution is 6.31. The second-order valence-corrected chi connectivity index (χ2v) is 8.78. The number of aromatic nitrogens is 1. The fraction of sp³-hybridized carbons (Fsp3) is 0.565. The number of piperazine rings is 1. The van der Waals surface area contributed by atoms with E-state index in [1.54, 1.807) is 0 Å². The molecule has 1 amide bonds. The zero-order valence-corrected chi connectivity index (χ0v) is 19.1. The number of guanidine groups is 1. The van der Waals surface area contributed by atoms with E-state index in [1.165, 1.54) is 10.9 Å². The number of fused-ring (bicyclic) bond motifs is 1. The van der Waals surface area contributed by atoms with E-state index in [2.05, 4.69) is 33.2 Å². The molecular formula is C23H33ClN6O. The zero-order valence-electron chi connectivity index (χ0n) is 18.4. The molecular weight excluding hydrogens is 412 g/mol. The Bertz CT molecular complexity index is 912. The van der Waals surface area contributed by atoms with Crippen LogP contribution in [0.15, 0.2) is 29.4 Å². The summed E-state index contributed by atoms with van der Waals surface area (Å²) in [6.07, 6.45) is 5.21. The van der Waals surface area contributed by atoms with Gasteiger partial charge in [-0.3, -0.25) is 14.7 Å². The van der Waals surface area contributed by atoms with Crippen LogP contribution in [0.25, 0.3) is 10.9 Å². The summed E-state index contributed by atoms with van der Waals surface area (Å²) in [4.78, 5) is 27.2. The normalized spacial score (nSPS) is 18.2. The van der Waals surface area contributed by atoms with Crippen LogP contribution in [-0.2, 0) is 11.2 Å². The summed E-state index contributed by atoms with van der Waals surface area (Å²) in [5, 5.41) is 5.36. The van der Waals surface area contributed by atoms with Gasteiger partial charge in [0, 0.05) is 74.5 Å². The van der Waals surface area contributed by atoms with Crippen molar-refractivity contribution < 1.29 is 4.79 Å². The lowest BCUT2D eigenvalue weighted by Crippen LogP contribution is -2.54. The monoisotopic (exact) mass is 444 g/mol. The SMILES string of the molecule is CCNC(=NCCc1c[nH]c2ccc(Cl)cc12)N1CCN(CC(=O)N2CCCC2)CC1. The first-order valence-electron chi connectivity index (χ1n) is 11.4. The molecule has 4 rings (SSSR count). The van der Waals surface area contributed by atoms with Gasteiger partial charge in [-0.15, -0.1) is 0 Å². The van der Waals surface area contributed by atoms with Crippen LogP contribution < -0.4 is 5.32 Å². The molecule has 0 bridgehead atoms. The summed E-state index contributed by atoms with van der Waals surface area (Å²) in [7, 11) is 0. The molecule has 0 atom stereocenters. The maximum atomic E-state index is 12.4. The third kappa shape index (κ3) is 5.52. The number of carbonyl (C=O) groups excluding carboxylic acids is 1. The molecule has 1 aromatic heterocycles. The molecule has 0 radical (unpaired) electrons. The number of hydrogen-bond donors (Lipinski definition) is 2. The molecule has 2 aromatic rings. The van der Waals surface area contributed by atoms with Crippen molar-refractivity contribution in [3.8, 4) is 0 Å². The zero-order chi connectivity index (χ0) is 21.6. The molecule has 0 unspecified atom stereocenters. The van der Waals surface area contributed by atoms with Gasteiger partial charge in [-0.1, -0.05) is 11.6 Å². The van der Waals surface area contributed by atoms with Crippen LogP contribution in [0.2, 0.25) is 5.02 Å². The molecule has 3 heterocycles. The van der Waals surface area contributed by atoms with Crippen LogP contribution >= 0.6 is 11.6 Å². The van der Waals surface area contributed by atoms with Crippen LogP contribution in [0.5, 0.6) is 0 Å². The summed E-state index contributed by atoms with van der Waals surface area (Å²) < 4.78 is 0. The number of nitrogens with zero attached hydrogens (tertiary/aromatic N) is 4. The van der Waals surface area contributed by atoms with Crippen molar-refractivity contribution in [3.05, 3.63) is 35.0 Å². The lowest BCUT2D eigenvalue weighted by Gasteiger charge is -2.36. The van der Waals surface area contributed by atoms with Gasteiger partial charge in [0.2, 0.25) is 5.91 Å². The van der Waals surface area contributed by atoms with E-state index in [1.807, 2.05) is 23.1 Å². The molecule has 168 valence electrons. The van der Waals surface area contributed by atoms with E-state index in [4.69, 9.17) is 16.6 Å². The summed E-state index contributed by atoms with van der Waals surface area (Å²) in [6, 6.07) is 5.94. The highest BCUT2D eigenvalue weighted by Crippen LogP contribution is 2.22. The van der Waals surface area contributed by atoms with Crippen molar-refractivity contribution in [2.45, 2.75) is 26.2 Å². The number of aliphatic imine (C=N–C) groups is 1. The Morgan fingerprint density at radius 3 is 2.65 bits per heavy atom. The van der Waals surface area contributed by atoms with Gasteiger partial charge in [0.1, 0.15) is 0 Å². The van der Waals surface area contributed by atoms with Crippen molar-refractivity contribution in [1.82, 2.24) is 25.0 Å². The molecule has 1 aromatic carbocycles. The van der Waals surface area contributed by atoms with E-state index < -0.39 is 0 Å². The van der Waals surface area contributed by atoms with Gasteiger partial charge >= 0.3 is 0 Å². The molecule has 0 saturated carbocycles. The van der Waals surface area contributed by atoms with Crippen LogP contribution in [-0.4, -0.2) is 90.5 Å². The number of H-pyrrole nitrogens is 1. The number of likely N-dealkylation sites (tertiary alicyclic amines) is 1. The second-order valence-electron chi connectivity index (χ2n) is 8.34. The van der Waals surface area contributed by atoms with E-state index in [9.17, 15) is 4.79 Å². The number of hydrogen-bond acceptors (Lipinski definition) is 3. The van der Waals surface area contributed by atoms with Gasteiger partial charge in [-0.05, 0) is 49.9 Å². The van der Waals surface area contributed by atoms with Crippen molar-refractivity contribution in [3.63, 3.8) is 0 Å². The Labute approximate surface area is 189 Å². The number of halogens is 1. The highest BCUT2D eigenvalue weighted by Gasteiger charge is 2.24. The average Bonchev–Trinajstić information content (AvgIpc) is 3.44. The van der Waals surface area contributed by atoms with Crippen LogP contribution in [0, 0.1) is 0 Å². The minimum atomic E-state index is 0.283. The number of benzene rings is 1. The van der Waals surface area contributed by atoms with E-state index in [-0.39, 0.29) is 5.91 Å². The van der Waals surface area contributed by atoms with Gasteiger partial charge in [0.15, 0.2) is 5.96 Å². The minimum Gasteiger partial charge on any atom is -0.361 e. The lowest BCUT2D eigenvalue weighted by molar-refractivity contribution is -0.131. The summed E-state index contributed by atoms with van der Waals surface area (Å²) in [5.74, 6) is 1.25. The Hall–Kier alpha value is -2.25. The molecule has 2 aliphatic heterocycles. The molecule has 7 nitrogen and oxygen atoms in total. The van der Waals surface area contributed by atoms with Gasteiger partial charge in [0.05, 0.1) is 6.54 Å². The summed E-state index contributed by atoms with van der Waals surface area (Å²) >= 11 is 6.17. The van der Waals surface area contributed by atoms with Crippen molar-refractivity contribution >= 4 is 34.4 Å². The highest BCUT2D eigenvalue weighted by atomic mass is 35.5. The Morgan fingerprint density at radius 2 is 1.90 bits per heavy atom. The number of nitrogens with one attached hydrogen (secondary N) is 2. The first-order valence-corrected chi connectivity index (χ1v) is 11.8. The van der Waals surface area contributed by atoms with Gasteiger partial charge in [-0.25, -0.2) is 0 Å². The van der Waals surface area contributed by atoms with Crippen molar-refractivity contribution in [2.24, 2.45) is 4.99 Å². The fourth-order valence-corrected chi connectivity index (χ4v) is 4.61. The summed E-state index contributed by atoms with van der Waals surface area (Å²) in [6.45, 7) is 9.63. The molecule has 0 spiro atoms. The van der Waals surface area contributed by atoms with Crippen LogP contribution in [0.4, 0.5) is 0 Å². The maximum Gasteiger partial charge on any atom is 0.236 e. The fourth-order valence-electron chi connectivity index (χ4n) is 4.44. The number of amides is 1. The van der Waals surface area contributed by atoms with Crippen LogP contribution in [0.3, 0.4) is 0 Å². The van der Waals surface area contributed by atoms with Crippen LogP contribution in [0.1, 0.15) is 25.3 Å². The minimum absolute atomic E-state index is 0.283. The molecule has 8 heteroatoms. The Balaban J connectivity index is 1.30. The first kappa shape index (κ1) is 22.0. The lowest BCUT2D eigenvalue weighted by atomic mass is 10.1. The topological polar surface area (TPSA) is 67.0 Å². The molecule has 2 fully saturated rings. The predicted molar refractivity (Wildman–Crippen MR) is 127 cm³/mol. The quantitative estimate of drug-likeness (QED) is 0.531. The standard InChI is InChI=1S/C23H33ClN6O/c1-2-25-23(26-8-7-18-16-27-21-6-5-19(24)15-20(18)21)30-13-11-28(12-14-30)17-22(31)29-9-3-4-10-29/h5-6,15-16,27H,2-4,7-14,17H2,1H3,(H,25,26). The third-order valence-electron chi connectivity index (χ3n) is 6.20. The molecule has 31 heavy (non-hydrogen) atoms.